The summed E-state index contributed by atoms with van der Waals surface area (Å²) in [7, 11) is 4.70. The fourth-order valence-corrected chi connectivity index (χ4v) is 3.63. The Hall–Kier alpha value is -2.69. The van der Waals surface area contributed by atoms with E-state index in [1.807, 2.05) is 24.3 Å². The lowest BCUT2D eigenvalue weighted by atomic mass is 9.95. The highest BCUT2D eigenvalue weighted by Gasteiger charge is 2.23. The van der Waals surface area contributed by atoms with E-state index in [0.717, 1.165) is 35.1 Å². The number of carbonyl (C=O) groups excluding carboxylic acids is 1. The van der Waals surface area contributed by atoms with Gasteiger partial charge in [0, 0.05) is 24.0 Å². The van der Waals surface area contributed by atoms with E-state index in [0.29, 0.717) is 42.9 Å². The molecule has 0 saturated carbocycles. The van der Waals surface area contributed by atoms with Crippen LogP contribution in [0.1, 0.15) is 36.8 Å². The largest absolute Gasteiger partial charge is 0.504 e. The lowest BCUT2D eigenvalue weighted by Crippen LogP contribution is -2.00. The number of aryl methyl sites for hydroxylation is 2. The predicted molar refractivity (Wildman–Crippen MR) is 104 cm³/mol. The number of carbonyl (C=O) groups is 1. The van der Waals surface area contributed by atoms with Crippen molar-refractivity contribution in [2.75, 3.05) is 21.3 Å². The second-order valence-corrected chi connectivity index (χ2v) is 6.78. The first-order valence-corrected chi connectivity index (χ1v) is 9.24. The number of ketones is 1. The number of aromatic hydroxyl groups is 1. The average Bonchev–Trinajstić information content (AvgIpc) is 2.70. The number of benzene rings is 2. The number of rotatable bonds is 3. The van der Waals surface area contributed by atoms with Gasteiger partial charge in [-0.2, -0.15) is 0 Å². The van der Waals surface area contributed by atoms with Crippen LogP contribution in [0, 0.1) is 0 Å². The Morgan fingerprint density at radius 2 is 1.56 bits per heavy atom. The maximum absolute atomic E-state index is 12.1. The van der Waals surface area contributed by atoms with E-state index in [-0.39, 0.29) is 11.5 Å². The van der Waals surface area contributed by atoms with E-state index < -0.39 is 0 Å². The first-order valence-electron chi connectivity index (χ1n) is 9.24. The molecule has 144 valence electrons. The highest BCUT2D eigenvalue weighted by atomic mass is 16.5. The molecule has 0 spiro atoms. The molecule has 0 amide bonds. The SMILES string of the molecule is COc1ccc2cc1-c1cc(c(O)c(OC)c1OC)CCCCC(=O)CC2. The van der Waals surface area contributed by atoms with Crippen LogP contribution in [0.15, 0.2) is 24.3 Å². The number of fused-ring (bicyclic) bond motifs is 5. The first kappa shape index (κ1) is 19.1. The molecule has 3 rings (SSSR count). The zero-order valence-corrected chi connectivity index (χ0v) is 16.1. The summed E-state index contributed by atoms with van der Waals surface area (Å²) in [6, 6.07) is 7.87. The monoisotopic (exact) mass is 370 g/mol. The van der Waals surface area contributed by atoms with E-state index in [1.54, 1.807) is 14.2 Å². The second-order valence-electron chi connectivity index (χ2n) is 6.78. The van der Waals surface area contributed by atoms with Crippen LogP contribution in [0.2, 0.25) is 0 Å². The highest BCUT2D eigenvalue weighted by molar-refractivity contribution is 5.82. The molecular formula is C22H26O5. The zero-order chi connectivity index (χ0) is 19.4. The van der Waals surface area contributed by atoms with Crippen LogP contribution in [0.5, 0.6) is 23.0 Å². The molecule has 2 aromatic carbocycles. The number of phenolic OH excluding ortho intramolecular Hbond substituents is 1. The van der Waals surface area contributed by atoms with Gasteiger partial charge in [-0.1, -0.05) is 6.07 Å². The van der Waals surface area contributed by atoms with Gasteiger partial charge in [-0.15, -0.1) is 0 Å². The Labute approximate surface area is 159 Å². The van der Waals surface area contributed by atoms with E-state index in [2.05, 4.69) is 0 Å². The van der Waals surface area contributed by atoms with Crippen molar-refractivity contribution in [2.24, 2.45) is 0 Å². The minimum Gasteiger partial charge on any atom is -0.504 e. The van der Waals surface area contributed by atoms with Crippen molar-refractivity contribution in [3.8, 4) is 34.1 Å². The summed E-state index contributed by atoms with van der Waals surface area (Å²) in [5.41, 5.74) is 3.51. The Bertz CT molecular complexity index is 841. The van der Waals surface area contributed by atoms with Crippen LogP contribution in [0.4, 0.5) is 0 Å². The van der Waals surface area contributed by atoms with Gasteiger partial charge in [0.25, 0.3) is 0 Å². The molecule has 1 aliphatic carbocycles. The number of ether oxygens (including phenoxy) is 3. The molecule has 1 N–H and O–H groups in total. The van der Waals surface area contributed by atoms with Gasteiger partial charge in [0.2, 0.25) is 5.75 Å². The third-order valence-corrected chi connectivity index (χ3v) is 5.10. The van der Waals surface area contributed by atoms with Crippen LogP contribution in [-0.4, -0.2) is 32.2 Å². The van der Waals surface area contributed by atoms with Crippen LogP contribution in [-0.2, 0) is 17.6 Å². The van der Waals surface area contributed by atoms with Crippen molar-refractivity contribution in [3.05, 3.63) is 35.4 Å². The van der Waals surface area contributed by atoms with Crippen molar-refractivity contribution in [2.45, 2.75) is 38.5 Å². The molecule has 2 aromatic rings. The van der Waals surface area contributed by atoms with Gasteiger partial charge in [0.05, 0.1) is 21.3 Å². The fourth-order valence-electron chi connectivity index (χ4n) is 3.63. The van der Waals surface area contributed by atoms with Gasteiger partial charge in [0.1, 0.15) is 11.5 Å². The van der Waals surface area contributed by atoms with Crippen LogP contribution in [0.25, 0.3) is 11.1 Å². The van der Waals surface area contributed by atoms with E-state index in [9.17, 15) is 9.90 Å². The summed E-state index contributed by atoms with van der Waals surface area (Å²) in [6.07, 6.45) is 4.10. The standard InChI is InChI=1S/C22H26O5/c1-25-19-11-9-14-8-10-16(23)7-5-4-6-15-13-18(17(19)12-14)21(26-2)22(27-3)20(15)24/h9,11-13,24H,4-8,10H2,1-3H3. The lowest BCUT2D eigenvalue weighted by Gasteiger charge is -2.19. The molecule has 0 atom stereocenters. The summed E-state index contributed by atoms with van der Waals surface area (Å²) in [5.74, 6) is 1.87. The Morgan fingerprint density at radius 3 is 2.26 bits per heavy atom. The van der Waals surface area contributed by atoms with Crippen molar-refractivity contribution in [1.82, 2.24) is 0 Å². The molecule has 4 bridgehead atoms. The van der Waals surface area contributed by atoms with E-state index >= 15 is 0 Å². The second kappa shape index (κ2) is 8.33. The Balaban J connectivity index is 2.26. The maximum Gasteiger partial charge on any atom is 0.203 e. The molecule has 0 fully saturated rings. The van der Waals surface area contributed by atoms with Crippen LogP contribution < -0.4 is 14.2 Å². The topological polar surface area (TPSA) is 65.0 Å². The fraction of sp³-hybridized carbons (Fsp3) is 0.409. The minimum absolute atomic E-state index is 0.0921. The molecule has 0 heterocycles. The molecule has 0 aromatic heterocycles. The average molecular weight is 370 g/mol. The minimum atomic E-state index is 0.0921. The number of phenols is 1. The van der Waals surface area contributed by atoms with Crippen LogP contribution >= 0.6 is 0 Å². The molecule has 0 saturated heterocycles. The zero-order valence-electron chi connectivity index (χ0n) is 16.1. The van der Waals surface area contributed by atoms with Crippen molar-refractivity contribution < 1.29 is 24.1 Å². The third-order valence-electron chi connectivity index (χ3n) is 5.10. The third kappa shape index (κ3) is 3.87. The first-order chi connectivity index (χ1) is 13.1. The van der Waals surface area contributed by atoms with Gasteiger partial charge in [-0.3, -0.25) is 4.79 Å². The molecule has 1 aliphatic rings. The van der Waals surface area contributed by atoms with Crippen molar-refractivity contribution in [1.29, 1.82) is 0 Å². The number of hydrogen-bond donors (Lipinski definition) is 1. The lowest BCUT2D eigenvalue weighted by molar-refractivity contribution is -0.119. The van der Waals surface area contributed by atoms with Crippen molar-refractivity contribution >= 4 is 5.78 Å². The predicted octanol–water partition coefficient (Wildman–Crippen LogP) is 4.31. The van der Waals surface area contributed by atoms with Gasteiger partial charge >= 0.3 is 0 Å². The summed E-state index contributed by atoms with van der Waals surface area (Å²) in [5, 5.41) is 10.7. The maximum atomic E-state index is 12.1. The molecule has 5 heteroatoms. The molecule has 5 nitrogen and oxygen atoms in total. The Morgan fingerprint density at radius 1 is 0.815 bits per heavy atom. The summed E-state index contributed by atoms with van der Waals surface area (Å²) in [6.45, 7) is 0. The molecule has 0 aliphatic heterocycles. The molecule has 0 radical (unpaired) electrons. The highest BCUT2D eigenvalue weighted by Crippen LogP contribution is 2.48. The summed E-state index contributed by atoms with van der Waals surface area (Å²) >= 11 is 0. The van der Waals surface area contributed by atoms with E-state index in [4.69, 9.17) is 14.2 Å². The normalized spacial score (nSPS) is 14.6. The van der Waals surface area contributed by atoms with Crippen molar-refractivity contribution in [3.63, 3.8) is 0 Å². The molecular weight excluding hydrogens is 344 g/mol. The number of Topliss-reactive ketones (excluding diaryl/α,β-unsaturated/α-hetero) is 1. The quantitative estimate of drug-likeness (QED) is 0.872. The summed E-state index contributed by atoms with van der Waals surface area (Å²) in [4.78, 5) is 12.1. The van der Waals surface area contributed by atoms with Gasteiger partial charge < -0.3 is 19.3 Å². The Kier molecular flexibility index (Phi) is 5.89. The molecule has 0 unspecified atom stereocenters. The summed E-state index contributed by atoms with van der Waals surface area (Å²) < 4.78 is 16.6. The van der Waals surface area contributed by atoms with Crippen LogP contribution in [0.3, 0.4) is 0 Å². The molecule has 27 heavy (non-hydrogen) atoms. The number of hydrogen-bond acceptors (Lipinski definition) is 5. The van der Waals surface area contributed by atoms with E-state index in [1.165, 1.54) is 7.11 Å². The van der Waals surface area contributed by atoms with Gasteiger partial charge in [-0.05, 0) is 55.0 Å². The smallest absolute Gasteiger partial charge is 0.203 e. The number of methoxy groups -OCH3 is 3. The van der Waals surface area contributed by atoms with Gasteiger partial charge in [-0.25, -0.2) is 0 Å². The van der Waals surface area contributed by atoms with Gasteiger partial charge in [0.15, 0.2) is 11.5 Å².